The molecule has 1 aliphatic heterocycles. The number of pyridine rings is 1. The van der Waals surface area contributed by atoms with E-state index in [1.807, 2.05) is 0 Å². The van der Waals surface area contributed by atoms with Crippen molar-refractivity contribution in [2.75, 3.05) is 19.7 Å². The van der Waals surface area contributed by atoms with Crippen LogP contribution in [-0.4, -0.2) is 57.3 Å². The summed E-state index contributed by atoms with van der Waals surface area (Å²) in [5.74, 6) is -0.340. The molecule has 0 saturated carbocycles. The molecule has 156 valence electrons. The molecule has 0 aliphatic carbocycles. The maximum Gasteiger partial charge on any atom is 0.338 e. The van der Waals surface area contributed by atoms with Crippen LogP contribution in [0.15, 0.2) is 47.7 Å². The maximum absolute atomic E-state index is 11.8. The van der Waals surface area contributed by atoms with Gasteiger partial charge in [0.1, 0.15) is 16.1 Å². The van der Waals surface area contributed by atoms with Gasteiger partial charge in [-0.15, -0.1) is 0 Å². The molecule has 1 N–H and O–H groups in total. The van der Waals surface area contributed by atoms with Gasteiger partial charge in [-0.2, -0.15) is 0 Å². The fourth-order valence-corrected chi connectivity index (χ4v) is 3.11. The number of halogens is 1. The molecule has 0 atom stereocenters. The Morgan fingerprint density at radius 3 is 2.57 bits per heavy atom. The number of nitro groups is 1. The van der Waals surface area contributed by atoms with Gasteiger partial charge >= 0.3 is 5.97 Å². The van der Waals surface area contributed by atoms with E-state index in [9.17, 15) is 14.9 Å². The number of esters is 1. The summed E-state index contributed by atoms with van der Waals surface area (Å²) in [5.41, 5.74) is 1.67. The normalized spacial score (nSPS) is 14.8. The molecule has 0 radical (unpaired) electrons. The predicted molar refractivity (Wildman–Crippen MR) is 110 cm³/mol. The number of benzene rings is 1. The predicted octanol–water partition coefficient (Wildman–Crippen LogP) is 2.60. The van der Waals surface area contributed by atoms with Crippen molar-refractivity contribution in [3.63, 3.8) is 0 Å². The number of hydrogen-bond donors (Lipinski definition) is 1. The van der Waals surface area contributed by atoms with Crippen LogP contribution in [0.5, 0.6) is 0 Å². The molecule has 0 unspecified atom stereocenters. The molecule has 1 saturated heterocycles. The first-order chi connectivity index (χ1) is 14.4. The molecule has 2 heterocycles. The van der Waals surface area contributed by atoms with Crippen LogP contribution < -0.4 is 0 Å². The van der Waals surface area contributed by atoms with E-state index in [4.69, 9.17) is 21.7 Å². The Morgan fingerprint density at radius 1 is 1.27 bits per heavy atom. The molecular weight excluding hydrogens is 412 g/mol. The van der Waals surface area contributed by atoms with Crippen LogP contribution in [-0.2, 0) is 11.3 Å². The number of guanidine groups is 1. The Kier molecular flexibility index (Phi) is 6.58. The van der Waals surface area contributed by atoms with E-state index in [1.54, 1.807) is 54.4 Å². The topological polar surface area (TPSA) is 125 Å². The van der Waals surface area contributed by atoms with Crippen molar-refractivity contribution in [1.82, 2.24) is 14.8 Å². The largest absolute Gasteiger partial charge is 0.462 e. The van der Waals surface area contributed by atoms with Gasteiger partial charge in [0.2, 0.25) is 0 Å². The van der Waals surface area contributed by atoms with E-state index in [1.165, 1.54) is 4.90 Å². The third-order valence-electron chi connectivity index (χ3n) is 4.39. The maximum atomic E-state index is 11.8. The highest BCUT2D eigenvalue weighted by atomic mass is 35.5. The third-order valence-corrected chi connectivity index (χ3v) is 4.61. The number of hydrazone groups is 1. The van der Waals surface area contributed by atoms with E-state index in [0.29, 0.717) is 35.9 Å². The van der Waals surface area contributed by atoms with Crippen LogP contribution in [0.4, 0.5) is 0 Å². The number of carbonyl (C=O) groups is 1. The van der Waals surface area contributed by atoms with Gasteiger partial charge in [0.15, 0.2) is 5.03 Å². The minimum absolute atomic E-state index is 0.0442. The molecule has 30 heavy (non-hydrogen) atoms. The van der Waals surface area contributed by atoms with Crippen LogP contribution in [0.1, 0.15) is 28.4 Å². The number of nitrogens with one attached hydrogen (secondary N) is 1. The minimum atomic E-state index is -0.780. The van der Waals surface area contributed by atoms with Crippen molar-refractivity contribution in [3.05, 3.63) is 74.6 Å². The summed E-state index contributed by atoms with van der Waals surface area (Å²) in [5, 5.41) is 22.7. The Hall–Kier alpha value is -3.53. The van der Waals surface area contributed by atoms with Crippen molar-refractivity contribution in [2.45, 2.75) is 13.5 Å². The van der Waals surface area contributed by atoms with Crippen molar-refractivity contribution < 1.29 is 14.6 Å². The Labute approximate surface area is 177 Å². The summed E-state index contributed by atoms with van der Waals surface area (Å²) < 4.78 is 4.95. The molecule has 1 aromatic heterocycles. The second-order valence-corrected chi connectivity index (χ2v) is 6.73. The number of hydrogen-bond acceptors (Lipinski definition) is 6. The molecule has 0 bridgehead atoms. The molecule has 3 rings (SSSR count). The van der Waals surface area contributed by atoms with Crippen LogP contribution >= 0.6 is 11.6 Å². The van der Waals surface area contributed by atoms with Gasteiger partial charge < -0.3 is 9.64 Å². The first kappa shape index (κ1) is 21.2. The molecule has 11 heteroatoms. The lowest BCUT2D eigenvalue weighted by Gasteiger charge is -2.21. The van der Waals surface area contributed by atoms with Gasteiger partial charge in [0, 0.05) is 31.4 Å². The summed E-state index contributed by atoms with van der Waals surface area (Å²) in [4.78, 5) is 30.1. The van der Waals surface area contributed by atoms with Gasteiger partial charge in [0.25, 0.3) is 5.96 Å². The van der Waals surface area contributed by atoms with Gasteiger partial charge in [-0.3, -0.25) is 10.3 Å². The smallest absolute Gasteiger partial charge is 0.338 e. The van der Waals surface area contributed by atoms with Crippen molar-refractivity contribution >= 4 is 29.4 Å². The highest BCUT2D eigenvalue weighted by Gasteiger charge is 2.33. The lowest BCUT2D eigenvalue weighted by molar-refractivity contribution is -0.486. The summed E-state index contributed by atoms with van der Waals surface area (Å²) in [6, 6.07) is 9.73. The number of rotatable bonds is 6. The zero-order chi connectivity index (χ0) is 21.7. The summed E-state index contributed by atoms with van der Waals surface area (Å²) in [6.45, 7) is 3.12. The van der Waals surface area contributed by atoms with Gasteiger partial charge in [-0.05, 0) is 30.7 Å². The van der Waals surface area contributed by atoms with Crippen LogP contribution in [0.25, 0.3) is 0 Å². The molecule has 10 nitrogen and oxygen atoms in total. The van der Waals surface area contributed by atoms with Crippen molar-refractivity contribution in [3.8, 4) is 0 Å². The lowest BCUT2D eigenvalue weighted by atomic mass is 10.1. The van der Waals surface area contributed by atoms with Gasteiger partial charge in [-0.25, -0.2) is 19.9 Å². The van der Waals surface area contributed by atoms with Crippen LogP contribution in [0.3, 0.4) is 0 Å². The number of amidine groups is 1. The van der Waals surface area contributed by atoms with E-state index < -0.39 is 11.0 Å². The number of nitrogens with zero attached hydrogens (tertiary/aromatic N) is 5. The zero-order valence-electron chi connectivity index (χ0n) is 16.1. The zero-order valence-corrected chi connectivity index (χ0v) is 16.9. The van der Waals surface area contributed by atoms with E-state index in [0.717, 1.165) is 5.56 Å². The first-order valence-electron chi connectivity index (χ1n) is 9.11. The van der Waals surface area contributed by atoms with E-state index in [2.05, 4.69) is 10.1 Å². The lowest BCUT2D eigenvalue weighted by Crippen LogP contribution is -2.38. The second kappa shape index (κ2) is 9.31. The highest BCUT2D eigenvalue weighted by Crippen LogP contribution is 2.18. The Bertz CT molecular complexity index is 978. The van der Waals surface area contributed by atoms with E-state index in [-0.39, 0.29) is 18.4 Å². The molecule has 2 aromatic rings. The minimum Gasteiger partial charge on any atom is -0.462 e. The number of carbonyl (C=O) groups excluding carboxylic acids is 1. The van der Waals surface area contributed by atoms with Crippen molar-refractivity contribution in [1.29, 1.82) is 5.41 Å². The monoisotopic (exact) mass is 430 g/mol. The molecule has 0 spiro atoms. The van der Waals surface area contributed by atoms with Crippen molar-refractivity contribution in [2.24, 2.45) is 5.10 Å². The fraction of sp³-hybridized carbons (Fsp3) is 0.263. The Balaban J connectivity index is 1.80. The summed E-state index contributed by atoms with van der Waals surface area (Å²) in [7, 11) is 0. The summed E-state index contributed by atoms with van der Waals surface area (Å²) >= 11 is 5.80. The van der Waals surface area contributed by atoms with Crippen LogP contribution in [0.2, 0.25) is 5.15 Å². The van der Waals surface area contributed by atoms with Crippen LogP contribution in [0, 0.1) is 15.5 Å². The molecular formula is C19H19ClN6O4. The van der Waals surface area contributed by atoms with E-state index >= 15 is 0 Å². The molecule has 1 fully saturated rings. The quantitative estimate of drug-likeness (QED) is 0.186. The second-order valence-electron chi connectivity index (χ2n) is 6.35. The Morgan fingerprint density at radius 2 is 1.97 bits per heavy atom. The molecule has 0 amide bonds. The standard InChI is InChI=1S/C19H19ClN6O4/c1-2-30-18(27)15-6-4-14(5-7-15)17(21)25-10-9-24(19(25)23-26(28)29)12-13-3-8-16(20)22-11-13/h3-8,11,21H,2,9-10,12H2,1H3/b21-17?,23-19-. The number of aromatic nitrogens is 1. The molecule has 1 aromatic carbocycles. The SMILES string of the molecule is CCOC(=O)c1ccc(C(=N)N2CCN(Cc3ccc(Cl)nc3)/C2=N/[N+](=O)[O-])cc1. The molecule has 1 aliphatic rings. The third kappa shape index (κ3) is 4.90. The first-order valence-corrected chi connectivity index (χ1v) is 9.49. The average molecular weight is 431 g/mol. The number of ether oxygens (including phenoxy) is 1. The average Bonchev–Trinajstić information content (AvgIpc) is 3.11. The fourth-order valence-electron chi connectivity index (χ4n) is 3.00. The highest BCUT2D eigenvalue weighted by molar-refractivity contribution is 6.29. The van der Waals surface area contributed by atoms with Gasteiger partial charge in [-0.1, -0.05) is 29.8 Å². The van der Waals surface area contributed by atoms with Gasteiger partial charge in [0.05, 0.1) is 12.2 Å². The summed E-state index contributed by atoms with van der Waals surface area (Å²) in [6.07, 6.45) is 1.59.